The van der Waals surface area contributed by atoms with E-state index in [2.05, 4.69) is 4.98 Å². The minimum Gasteiger partial charge on any atom is -0.333 e. The van der Waals surface area contributed by atoms with Crippen LogP contribution in [0.25, 0.3) is 11.0 Å². The highest BCUT2D eigenvalue weighted by molar-refractivity contribution is 6.32. The summed E-state index contributed by atoms with van der Waals surface area (Å²) in [5, 5.41) is 1.33. The number of alkyl halides is 2. The first-order chi connectivity index (χ1) is 10.9. The normalized spacial score (nSPS) is 23.6. The van der Waals surface area contributed by atoms with Gasteiger partial charge in [0.05, 0.1) is 11.6 Å². The van der Waals surface area contributed by atoms with E-state index in [0.29, 0.717) is 30.1 Å². The summed E-state index contributed by atoms with van der Waals surface area (Å²) < 4.78 is 30.9. The van der Waals surface area contributed by atoms with Crippen LogP contribution in [0.5, 0.6) is 0 Å². The molecule has 23 heavy (non-hydrogen) atoms. The molecule has 4 rings (SSSR count). The molecule has 4 heterocycles. The molecule has 2 aliphatic rings. The lowest BCUT2D eigenvalue weighted by atomic mass is 9.98. The standard InChI is InChI=1S/C16H16ClF2N3O/c1-9-11-5-10-6-13(21-4-2-3-14(21)23)16(18,19)8-22(10)15(11)20-7-12(9)17/h5,7,13H,2-4,6,8H2,1H3. The number of carbonyl (C=O) groups is 1. The van der Waals surface area contributed by atoms with E-state index in [4.69, 9.17) is 11.6 Å². The zero-order chi connectivity index (χ0) is 16.4. The van der Waals surface area contributed by atoms with Crippen LogP contribution < -0.4 is 0 Å². The molecule has 2 aromatic heterocycles. The van der Waals surface area contributed by atoms with Gasteiger partial charge in [0.1, 0.15) is 11.7 Å². The molecule has 2 aromatic rings. The van der Waals surface area contributed by atoms with Gasteiger partial charge in [0, 0.05) is 36.7 Å². The Labute approximate surface area is 137 Å². The summed E-state index contributed by atoms with van der Waals surface area (Å²) in [6.45, 7) is 1.83. The van der Waals surface area contributed by atoms with E-state index < -0.39 is 18.5 Å². The molecule has 0 radical (unpaired) electrons. The summed E-state index contributed by atoms with van der Waals surface area (Å²) in [4.78, 5) is 17.5. The monoisotopic (exact) mass is 339 g/mol. The summed E-state index contributed by atoms with van der Waals surface area (Å²) in [5.41, 5.74) is 2.16. The third kappa shape index (κ3) is 2.15. The maximum Gasteiger partial charge on any atom is 0.285 e. The second-order valence-electron chi connectivity index (χ2n) is 6.36. The number of halogens is 3. The van der Waals surface area contributed by atoms with Gasteiger partial charge < -0.3 is 9.47 Å². The van der Waals surface area contributed by atoms with Crippen molar-refractivity contribution < 1.29 is 13.6 Å². The molecular weight excluding hydrogens is 324 g/mol. The van der Waals surface area contributed by atoms with E-state index in [1.54, 1.807) is 4.57 Å². The second kappa shape index (κ2) is 4.90. The van der Waals surface area contributed by atoms with Crippen molar-refractivity contribution in [3.8, 4) is 0 Å². The Bertz CT molecular complexity index is 817. The molecule has 0 aromatic carbocycles. The average Bonchev–Trinajstić information content (AvgIpc) is 3.05. The molecule has 1 fully saturated rings. The van der Waals surface area contributed by atoms with E-state index >= 15 is 0 Å². The minimum absolute atomic E-state index is 0.145. The van der Waals surface area contributed by atoms with Crippen LogP contribution in [-0.4, -0.2) is 38.9 Å². The van der Waals surface area contributed by atoms with Crippen molar-refractivity contribution in [2.24, 2.45) is 0 Å². The van der Waals surface area contributed by atoms with E-state index in [1.165, 1.54) is 11.1 Å². The zero-order valence-electron chi connectivity index (χ0n) is 12.7. The fraction of sp³-hybridized carbons (Fsp3) is 0.500. The Morgan fingerprint density at radius 2 is 2.22 bits per heavy atom. The molecule has 0 aliphatic carbocycles. The number of aromatic nitrogens is 2. The highest BCUT2D eigenvalue weighted by Crippen LogP contribution is 2.38. The number of aryl methyl sites for hydroxylation is 1. The lowest BCUT2D eigenvalue weighted by Crippen LogP contribution is -2.54. The van der Waals surface area contributed by atoms with Crippen molar-refractivity contribution >= 4 is 28.5 Å². The van der Waals surface area contributed by atoms with Gasteiger partial charge >= 0.3 is 0 Å². The van der Waals surface area contributed by atoms with Crippen LogP contribution in [0.1, 0.15) is 24.1 Å². The molecule has 1 atom stereocenters. The first kappa shape index (κ1) is 14.9. The summed E-state index contributed by atoms with van der Waals surface area (Å²) >= 11 is 6.09. The first-order valence-electron chi connectivity index (χ1n) is 7.69. The third-order valence-corrected chi connectivity index (χ3v) is 5.34. The van der Waals surface area contributed by atoms with Gasteiger partial charge in [-0.15, -0.1) is 0 Å². The van der Waals surface area contributed by atoms with Gasteiger partial charge in [-0.2, -0.15) is 0 Å². The number of amides is 1. The number of hydrogen-bond acceptors (Lipinski definition) is 2. The van der Waals surface area contributed by atoms with Crippen LogP contribution in [0, 0.1) is 6.92 Å². The van der Waals surface area contributed by atoms with Crippen molar-refractivity contribution in [3.05, 3.63) is 28.5 Å². The minimum atomic E-state index is -2.96. The van der Waals surface area contributed by atoms with Crippen molar-refractivity contribution in [2.45, 2.75) is 44.7 Å². The molecule has 1 saturated heterocycles. The SMILES string of the molecule is Cc1c(Cl)cnc2c1cc1n2CC(F)(F)C(N2CCCC2=O)C1. The molecule has 122 valence electrons. The lowest BCUT2D eigenvalue weighted by Gasteiger charge is -2.38. The molecule has 4 nitrogen and oxygen atoms in total. The molecule has 2 aliphatic heterocycles. The number of nitrogens with zero attached hydrogens (tertiary/aromatic N) is 3. The first-order valence-corrected chi connectivity index (χ1v) is 8.07. The predicted molar refractivity (Wildman–Crippen MR) is 82.9 cm³/mol. The number of likely N-dealkylation sites (tertiary alicyclic amines) is 1. The fourth-order valence-corrected chi connectivity index (χ4v) is 3.85. The molecule has 0 N–H and O–H groups in total. The lowest BCUT2D eigenvalue weighted by molar-refractivity contribution is -0.144. The van der Waals surface area contributed by atoms with E-state index in [-0.39, 0.29) is 12.3 Å². The van der Waals surface area contributed by atoms with Crippen molar-refractivity contribution in [1.29, 1.82) is 0 Å². The smallest absolute Gasteiger partial charge is 0.285 e. The van der Waals surface area contributed by atoms with Crippen LogP contribution >= 0.6 is 11.6 Å². The number of carbonyl (C=O) groups excluding carboxylic acids is 1. The Hall–Kier alpha value is -1.69. The third-order valence-electron chi connectivity index (χ3n) is 4.96. The average molecular weight is 340 g/mol. The van der Waals surface area contributed by atoms with Gasteiger partial charge in [-0.05, 0) is 25.0 Å². The highest BCUT2D eigenvalue weighted by atomic mass is 35.5. The molecule has 1 amide bonds. The Morgan fingerprint density at radius 3 is 2.91 bits per heavy atom. The summed E-state index contributed by atoms with van der Waals surface area (Å²) in [6.07, 6.45) is 2.67. The molecule has 0 saturated carbocycles. The molecule has 7 heteroatoms. The maximum absolute atomic E-state index is 14.7. The van der Waals surface area contributed by atoms with Crippen molar-refractivity contribution in [3.63, 3.8) is 0 Å². The van der Waals surface area contributed by atoms with Gasteiger partial charge in [-0.25, -0.2) is 13.8 Å². The van der Waals surface area contributed by atoms with Crippen LogP contribution in [-0.2, 0) is 17.8 Å². The molecule has 1 unspecified atom stereocenters. The highest BCUT2D eigenvalue weighted by Gasteiger charge is 2.49. The van der Waals surface area contributed by atoms with E-state index in [9.17, 15) is 13.6 Å². The molecule has 0 bridgehead atoms. The summed E-state index contributed by atoms with van der Waals surface area (Å²) in [7, 11) is 0. The van der Waals surface area contributed by atoms with Gasteiger partial charge in [0.15, 0.2) is 0 Å². The summed E-state index contributed by atoms with van der Waals surface area (Å²) in [5.74, 6) is -3.13. The van der Waals surface area contributed by atoms with Crippen molar-refractivity contribution in [1.82, 2.24) is 14.5 Å². The van der Waals surface area contributed by atoms with Crippen LogP contribution in [0.2, 0.25) is 5.02 Å². The number of fused-ring (bicyclic) bond motifs is 3. The van der Waals surface area contributed by atoms with Crippen LogP contribution in [0.15, 0.2) is 12.3 Å². The largest absolute Gasteiger partial charge is 0.333 e. The van der Waals surface area contributed by atoms with Crippen molar-refractivity contribution in [2.75, 3.05) is 6.54 Å². The summed E-state index contributed by atoms with van der Waals surface area (Å²) in [6, 6.07) is 0.817. The Balaban J connectivity index is 1.82. The zero-order valence-corrected chi connectivity index (χ0v) is 13.4. The Morgan fingerprint density at radius 1 is 1.43 bits per heavy atom. The number of rotatable bonds is 1. The van der Waals surface area contributed by atoms with Crippen LogP contribution in [0.3, 0.4) is 0 Å². The van der Waals surface area contributed by atoms with E-state index in [0.717, 1.165) is 16.6 Å². The predicted octanol–water partition coefficient (Wildman–Crippen LogP) is 3.18. The van der Waals surface area contributed by atoms with Crippen LogP contribution in [0.4, 0.5) is 8.78 Å². The molecule has 0 spiro atoms. The van der Waals surface area contributed by atoms with Gasteiger partial charge in [-0.3, -0.25) is 4.79 Å². The number of pyridine rings is 1. The van der Waals surface area contributed by atoms with E-state index in [1.807, 2.05) is 13.0 Å². The Kier molecular flexibility index (Phi) is 3.17. The van der Waals surface area contributed by atoms with Gasteiger partial charge in [0.25, 0.3) is 5.92 Å². The maximum atomic E-state index is 14.7. The topological polar surface area (TPSA) is 38.1 Å². The molecular formula is C16H16ClF2N3O. The quantitative estimate of drug-likeness (QED) is 0.800. The number of hydrogen-bond donors (Lipinski definition) is 0. The van der Waals surface area contributed by atoms with Gasteiger partial charge in [-0.1, -0.05) is 11.6 Å². The fourth-order valence-electron chi connectivity index (χ4n) is 3.69. The van der Waals surface area contributed by atoms with Gasteiger partial charge in [0.2, 0.25) is 5.91 Å². The second-order valence-corrected chi connectivity index (χ2v) is 6.77.